The molecule has 1 aliphatic rings. The molecule has 1 aromatic heterocycles. The zero-order chi connectivity index (χ0) is 23.0. The van der Waals surface area contributed by atoms with Crippen LogP contribution in [0.3, 0.4) is 0 Å². The van der Waals surface area contributed by atoms with Gasteiger partial charge in [-0.3, -0.25) is 4.79 Å². The minimum absolute atomic E-state index is 0.0514. The fourth-order valence-electron chi connectivity index (χ4n) is 4.03. The maximum absolute atomic E-state index is 12.8. The second kappa shape index (κ2) is 10.9. The molecule has 1 atom stereocenters. The standard InChI is InChI=1S/C27H32N4O2/c1-3-17-33-24-12-8-21(9-13-24)18-28-27(32)23-5-4-16-31(19-23)26-15-14-25(29-30-26)22-10-6-20(2)7-11-22/h6-15,23H,3-5,16-19H2,1-2H3,(H,28,32)/t23-/m1/s1. The highest BCUT2D eigenvalue weighted by Crippen LogP contribution is 2.24. The Labute approximate surface area is 196 Å². The first-order valence-corrected chi connectivity index (χ1v) is 11.8. The number of hydrogen-bond acceptors (Lipinski definition) is 5. The summed E-state index contributed by atoms with van der Waals surface area (Å²) in [5.41, 5.74) is 4.20. The monoisotopic (exact) mass is 444 g/mol. The molecule has 0 spiro atoms. The second-order valence-electron chi connectivity index (χ2n) is 8.64. The fourth-order valence-corrected chi connectivity index (χ4v) is 4.03. The molecule has 6 nitrogen and oxygen atoms in total. The first-order chi connectivity index (χ1) is 16.1. The van der Waals surface area contributed by atoms with Gasteiger partial charge in [0.25, 0.3) is 0 Å². The minimum Gasteiger partial charge on any atom is -0.494 e. The van der Waals surface area contributed by atoms with E-state index in [1.807, 2.05) is 36.4 Å². The molecule has 6 heteroatoms. The van der Waals surface area contributed by atoms with E-state index in [0.717, 1.165) is 54.2 Å². The smallest absolute Gasteiger partial charge is 0.225 e. The van der Waals surface area contributed by atoms with Crippen LogP contribution in [0.25, 0.3) is 11.3 Å². The predicted molar refractivity (Wildman–Crippen MR) is 131 cm³/mol. The number of carbonyl (C=O) groups excluding carboxylic acids is 1. The Kier molecular flexibility index (Phi) is 7.55. The van der Waals surface area contributed by atoms with Crippen LogP contribution in [-0.4, -0.2) is 35.8 Å². The third kappa shape index (κ3) is 6.09. The molecule has 0 saturated carbocycles. The number of piperidine rings is 1. The minimum atomic E-state index is -0.0514. The van der Waals surface area contributed by atoms with E-state index in [0.29, 0.717) is 19.7 Å². The molecule has 0 aliphatic carbocycles. The summed E-state index contributed by atoms with van der Waals surface area (Å²) in [6, 6.07) is 20.2. The van der Waals surface area contributed by atoms with Crippen molar-refractivity contribution in [1.29, 1.82) is 0 Å². The van der Waals surface area contributed by atoms with Gasteiger partial charge in [0.2, 0.25) is 5.91 Å². The van der Waals surface area contributed by atoms with Gasteiger partial charge in [-0.05, 0) is 56.0 Å². The lowest BCUT2D eigenvalue weighted by Crippen LogP contribution is -2.43. The molecule has 0 bridgehead atoms. The van der Waals surface area contributed by atoms with Crippen molar-refractivity contribution >= 4 is 11.7 Å². The molecular formula is C27H32N4O2. The highest BCUT2D eigenvalue weighted by molar-refractivity contribution is 5.79. The largest absolute Gasteiger partial charge is 0.494 e. The van der Waals surface area contributed by atoms with Crippen molar-refractivity contribution in [3.63, 3.8) is 0 Å². The van der Waals surface area contributed by atoms with Crippen LogP contribution in [0, 0.1) is 12.8 Å². The highest BCUT2D eigenvalue weighted by Gasteiger charge is 2.26. The number of nitrogens with zero attached hydrogens (tertiary/aromatic N) is 3. The van der Waals surface area contributed by atoms with E-state index in [1.54, 1.807) is 0 Å². The summed E-state index contributed by atoms with van der Waals surface area (Å²) in [5.74, 6) is 1.73. The molecule has 33 heavy (non-hydrogen) atoms. The van der Waals surface area contributed by atoms with Gasteiger partial charge in [0.1, 0.15) is 5.75 Å². The fraction of sp³-hybridized carbons (Fsp3) is 0.370. The lowest BCUT2D eigenvalue weighted by molar-refractivity contribution is -0.125. The van der Waals surface area contributed by atoms with Crippen LogP contribution in [0.5, 0.6) is 5.75 Å². The number of ether oxygens (including phenoxy) is 1. The van der Waals surface area contributed by atoms with Crippen molar-refractivity contribution in [1.82, 2.24) is 15.5 Å². The summed E-state index contributed by atoms with van der Waals surface area (Å²) in [6.45, 7) is 6.95. The number of rotatable bonds is 8. The Morgan fingerprint density at radius 2 is 1.85 bits per heavy atom. The lowest BCUT2D eigenvalue weighted by Gasteiger charge is -2.32. The summed E-state index contributed by atoms with van der Waals surface area (Å²) >= 11 is 0. The van der Waals surface area contributed by atoms with E-state index in [9.17, 15) is 4.79 Å². The number of carbonyl (C=O) groups is 1. The highest BCUT2D eigenvalue weighted by atomic mass is 16.5. The van der Waals surface area contributed by atoms with Gasteiger partial charge in [-0.15, -0.1) is 10.2 Å². The first-order valence-electron chi connectivity index (χ1n) is 11.8. The van der Waals surface area contributed by atoms with E-state index in [-0.39, 0.29) is 11.8 Å². The molecule has 1 amide bonds. The van der Waals surface area contributed by atoms with E-state index < -0.39 is 0 Å². The molecule has 1 N–H and O–H groups in total. The number of nitrogens with one attached hydrogen (secondary N) is 1. The molecule has 1 fully saturated rings. The van der Waals surface area contributed by atoms with Crippen LogP contribution in [0.15, 0.2) is 60.7 Å². The number of hydrogen-bond donors (Lipinski definition) is 1. The average Bonchev–Trinajstić information content (AvgIpc) is 2.87. The Morgan fingerprint density at radius 3 is 2.55 bits per heavy atom. The maximum atomic E-state index is 12.8. The van der Waals surface area contributed by atoms with Crippen LogP contribution >= 0.6 is 0 Å². The normalized spacial score (nSPS) is 15.8. The van der Waals surface area contributed by atoms with E-state index in [2.05, 4.69) is 58.5 Å². The molecule has 4 rings (SSSR count). The van der Waals surface area contributed by atoms with Gasteiger partial charge in [0.05, 0.1) is 18.2 Å². The summed E-state index contributed by atoms with van der Waals surface area (Å²) in [7, 11) is 0. The van der Waals surface area contributed by atoms with Crippen LogP contribution in [-0.2, 0) is 11.3 Å². The van der Waals surface area contributed by atoms with Gasteiger partial charge in [0.15, 0.2) is 5.82 Å². The zero-order valence-electron chi connectivity index (χ0n) is 19.5. The SMILES string of the molecule is CCCOc1ccc(CNC(=O)[C@@H]2CCCN(c3ccc(-c4ccc(C)cc4)nn3)C2)cc1. The lowest BCUT2D eigenvalue weighted by atomic mass is 9.97. The molecule has 0 radical (unpaired) electrons. The number of amides is 1. The molecular weight excluding hydrogens is 412 g/mol. The zero-order valence-corrected chi connectivity index (χ0v) is 19.5. The molecule has 2 heterocycles. The summed E-state index contributed by atoms with van der Waals surface area (Å²) in [5, 5.41) is 12.0. The van der Waals surface area contributed by atoms with Gasteiger partial charge in [0, 0.05) is 25.2 Å². The van der Waals surface area contributed by atoms with Gasteiger partial charge in [-0.1, -0.05) is 48.9 Å². The Balaban J connectivity index is 1.31. The molecule has 2 aromatic carbocycles. The van der Waals surface area contributed by atoms with Gasteiger partial charge in [-0.2, -0.15) is 0 Å². The third-order valence-electron chi connectivity index (χ3n) is 5.98. The maximum Gasteiger partial charge on any atom is 0.225 e. The molecule has 1 saturated heterocycles. The van der Waals surface area contributed by atoms with Crippen molar-refractivity contribution in [3.05, 3.63) is 71.8 Å². The van der Waals surface area contributed by atoms with Crippen LogP contribution in [0.2, 0.25) is 0 Å². The van der Waals surface area contributed by atoms with Gasteiger partial charge >= 0.3 is 0 Å². The number of benzene rings is 2. The molecule has 1 aliphatic heterocycles. The first kappa shape index (κ1) is 22.8. The number of anilines is 1. The Bertz CT molecular complexity index is 1030. The van der Waals surface area contributed by atoms with Crippen molar-refractivity contribution in [3.8, 4) is 17.0 Å². The van der Waals surface area contributed by atoms with Crippen molar-refractivity contribution in [2.75, 3.05) is 24.6 Å². The van der Waals surface area contributed by atoms with Crippen LogP contribution < -0.4 is 15.0 Å². The van der Waals surface area contributed by atoms with Crippen molar-refractivity contribution in [2.45, 2.75) is 39.7 Å². The second-order valence-corrected chi connectivity index (χ2v) is 8.64. The average molecular weight is 445 g/mol. The topological polar surface area (TPSA) is 67.3 Å². The van der Waals surface area contributed by atoms with Crippen LogP contribution in [0.4, 0.5) is 5.82 Å². The summed E-state index contributed by atoms with van der Waals surface area (Å²) < 4.78 is 5.62. The van der Waals surface area contributed by atoms with E-state index in [4.69, 9.17) is 4.74 Å². The van der Waals surface area contributed by atoms with Crippen LogP contribution in [0.1, 0.15) is 37.3 Å². The van der Waals surface area contributed by atoms with Crippen molar-refractivity contribution < 1.29 is 9.53 Å². The molecule has 0 unspecified atom stereocenters. The molecule has 3 aromatic rings. The number of aromatic nitrogens is 2. The molecule has 172 valence electrons. The summed E-state index contributed by atoms with van der Waals surface area (Å²) in [6.07, 6.45) is 2.84. The predicted octanol–water partition coefficient (Wildman–Crippen LogP) is 4.77. The van der Waals surface area contributed by atoms with E-state index >= 15 is 0 Å². The Hall–Kier alpha value is -3.41. The summed E-state index contributed by atoms with van der Waals surface area (Å²) in [4.78, 5) is 15.0. The third-order valence-corrected chi connectivity index (χ3v) is 5.98. The quantitative estimate of drug-likeness (QED) is 0.542. The van der Waals surface area contributed by atoms with Crippen molar-refractivity contribution in [2.24, 2.45) is 5.92 Å². The Morgan fingerprint density at radius 1 is 1.06 bits per heavy atom. The van der Waals surface area contributed by atoms with E-state index in [1.165, 1.54) is 5.56 Å². The number of aryl methyl sites for hydroxylation is 1. The van der Waals surface area contributed by atoms with Gasteiger partial charge in [-0.25, -0.2) is 0 Å². The van der Waals surface area contributed by atoms with Gasteiger partial charge < -0.3 is 15.0 Å².